The van der Waals surface area contributed by atoms with Gasteiger partial charge in [-0.15, -0.1) is 11.3 Å². The summed E-state index contributed by atoms with van der Waals surface area (Å²) in [6.45, 7) is 3.20. The number of carbonyl (C=O) groups excluding carboxylic acids is 1. The molecule has 1 atom stereocenters. The third-order valence-electron chi connectivity index (χ3n) is 2.91. The molecule has 4 heteroatoms. The molecule has 0 spiro atoms. The monoisotopic (exact) mass is 269 g/mol. The Morgan fingerprint density at radius 3 is 2.94 bits per heavy atom. The quantitative estimate of drug-likeness (QED) is 0.890. The van der Waals surface area contributed by atoms with Gasteiger partial charge in [0, 0.05) is 46.7 Å². The zero-order valence-corrected chi connectivity index (χ0v) is 11.8. The molecule has 0 saturated carbocycles. The first-order chi connectivity index (χ1) is 8.28. The molecule has 0 radical (unpaired) electrons. The van der Waals surface area contributed by atoms with Crippen molar-refractivity contribution >= 4 is 28.9 Å². The van der Waals surface area contributed by atoms with Crippen molar-refractivity contribution in [3.63, 3.8) is 0 Å². The summed E-state index contributed by atoms with van der Waals surface area (Å²) in [5, 5.41) is 3.41. The fourth-order valence-corrected chi connectivity index (χ4v) is 3.94. The minimum atomic E-state index is 0.370. The molecular weight excluding hydrogens is 250 g/mol. The first-order valence-electron chi connectivity index (χ1n) is 6.18. The van der Waals surface area contributed by atoms with E-state index in [1.54, 1.807) is 11.3 Å². The van der Waals surface area contributed by atoms with Crippen molar-refractivity contribution in [3.8, 4) is 0 Å². The Kier molecular flexibility index (Phi) is 5.07. The Hall–Kier alpha value is -0.320. The number of rotatable bonds is 5. The highest BCUT2D eigenvalue weighted by atomic mass is 32.2. The molecule has 0 bridgehead atoms. The minimum Gasteiger partial charge on any atom is -0.312 e. The summed E-state index contributed by atoms with van der Waals surface area (Å²) in [7, 11) is 0. The van der Waals surface area contributed by atoms with E-state index in [-0.39, 0.29) is 0 Å². The van der Waals surface area contributed by atoms with E-state index in [4.69, 9.17) is 0 Å². The van der Waals surface area contributed by atoms with Crippen LogP contribution in [0.1, 0.15) is 23.1 Å². The van der Waals surface area contributed by atoms with Crippen LogP contribution in [0.25, 0.3) is 0 Å². The summed E-state index contributed by atoms with van der Waals surface area (Å²) in [4.78, 5) is 14.5. The topological polar surface area (TPSA) is 29.1 Å². The normalized spacial score (nSPS) is 20.4. The summed E-state index contributed by atoms with van der Waals surface area (Å²) >= 11 is 3.72. The predicted octanol–water partition coefficient (Wildman–Crippen LogP) is 2.52. The maximum atomic E-state index is 11.9. The summed E-state index contributed by atoms with van der Waals surface area (Å²) in [6.07, 6.45) is 2.37. The van der Waals surface area contributed by atoms with Gasteiger partial charge in [0.25, 0.3) is 0 Å². The van der Waals surface area contributed by atoms with Gasteiger partial charge in [-0.05, 0) is 18.6 Å². The van der Waals surface area contributed by atoms with Crippen molar-refractivity contribution in [3.05, 3.63) is 21.9 Å². The van der Waals surface area contributed by atoms with E-state index in [9.17, 15) is 4.79 Å². The summed E-state index contributed by atoms with van der Waals surface area (Å²) in [5.41, 5.74) is 0. The van der Waals surface area contributed by atoms with Gasteiger partial charge >= 0.3 is 0 Å². The second-order valence-electron chi connectivity index (χ2n) is 4.37. The molecule has 0 aromatic carbocycles. The number of thiophene rings is 1. The van der Waals surface area contributed by atoms with Crippen molar-refractivity contribution in [2.24, 2.45) is 0 Å². The average molecular weight is 269 g/mol. The highest BCUT2D eigenvalue weighted by molar-refractivity contribution is 7.99. The number of aryl methyl sites for hydroxylation is 1. The van der Waals surface area contributed by atoms with E-state index in [1.165, 1.54) is 15.5 Å². The number of Topliss-reactive ketones (excluding diaryl/α,β-unsaturated/α-hetero) is 1. The lowest BCUT2D eigenvalue weighted by molar-refractivity contribution is -0.118. The van der Waals surface area contributed by atoms with Crippen molar-refractivity contribution in [2.75, 3.05) is 18.1 Å². The van der Waals surface area contributed by atoms with E-state index >= 15 is 0 Å². The second kappa shape index (κ2) is 6.57. The van der Waals surface area contributed by atoms with E-state index in [0.717, 1.165) is 18.7 Å². The van der Waals surface area contributed by atoms with Gasteiger partial charge in [-0.1, -0.05) is 6.92 Å². The highest BCUT2D eigenvalue weighted by Crippen LogP contribution is 2.19. The van der Waals surface area contributed by atoms with Crippen LogP contribution < -0.4 is 5.32 Å². The standard InChI is InChI=1S/C13H19NOS2/c1-2-12-3-4-13(17-12)8-11(15)7-10-9-16-6-5-14-10/h3-4,10,14H,2,5-9H2,1H3. The largest absolute Gasteiger partial charge is 0.312 e. The summed E-state index contributed by atoms with van der Waals surface area (Å²) in [5.74, 6) is 2.63. The van der Waals surface area contributed by atoms with Crippen molar-refractivity contribution in [1.82, 2.24) is 5.32 Å². The number of hydrogen-bond acceptors (Lipinski definition) is 4. The molecule has 94 valence electrons. The molecule has 1 aliphatic heterocycles. The van der Waals surface area contributed by atoms with Crippen molar-refractivity contribution < 1.29 is 4.79 Å². The van der Waals surface area contributed by atoms with Gasteiger partial charge in [0.15, 0.2) is 0 Å². The molecule has 1 aliphatic rings. The maximum Gasteiger partial charge on any atom is 0.139 e. The number of ketones is 1. The minimum absolute atomic E-state index is 0.370. The Bertz CT molecular complexity index is 369. The summed E-state index contributed by atoms with van der Waals surface area (Å²) in [6, 6.07) is 4.64. The molecule has 2 rings (SSSR count). The molecule has 17 heavy (non-hydrogen) atoms. The van der Waals surface area contributed by atoms with Crippen LogP contribution >= 0.6 is 23.1 Å². The van der Waals surface area contributed by atoms with Gasteiger partial charge in [0.1, 0.15) is 5.78 Å². The highest BCUT2D eigenvalue weighted by Gasteiger charge is 2.17. The smallest absolute Gasteiger partial charge is 0.139 e. The molecule has 1 aromatic rings. The lowest BCUT2D eigenvalue weighted by Gasteiger charge is -2.22. The van der Waals surface area contributed by atoms with Crippen LogP contribution in [0.15, 0.2) is 12.1 Å². The molecule has 1 N–H and O–H groups in total. The SMILES string of the molecule is CCc1ccc(CC(=O)CC2CSCCN2)s1. The number of carbonyl (C=O) groups is 1. The van der Waals surface area contributed by atoms with Crippen molar-refractivity contribution in [1.29, 1.82) is 0 Å². The molecule has 0 amide bonds. The van der Waals surface area contributed by atoms with Gasteiger partial charge in [0.2, 0.25) is 0 Å². The van der Waals surface area contributed by atoms with Gasteiger partial charge in [-0.3, -0.25) is 4.79 Å². The lowest BCUT2D eigenvalue weighted by Crippen LogP contribution is -2.39. The van der Waals surface area contributed by atoms with Crippen LogP contribution in [0.3, 0.4) is 0 Å². The predicted molar refractivity (Wildman–Crippen MR) is 76.1 cm³/mol. The van der Waals surface area contributed by atoms with Gasteiger partial charge in [-0.25, -0.2) is 0 Å². The third kappa shape index (κ3) is 4.12. The van der Waals surface area contributed by atoms with Crippen LogP contribution in [-0.4, -0.2) is 29.9 Å². The third-order valence-corrected chi connectivity index (χ3v) is 5.27. The Morgan fingerprint density at radius 2 is 2.29 bits per heavy atom. The van der Waals surface area contributed by atoms with Gasteiger partial charge in [0.05, 0.1) is 0 Å². The first kappa shape index (κ1) is 13.1. The van der Waals surface area contributed by atoms with Crippen LogP contribution in [0, 0.1) is 0 Å². The van der Waals surface area contributed by atoms with Crippen molar-refractivity contribution in [2.45, 2.75) is 32.2 Å². The van der Waals surface area contributed by atoms with Crippen LogP contribution in [0.4, 0.5) is 0 Å². The zero-order valence-electron chi connectivity index (χ0n) is 10.2. The number of hydrogen-bond donors (Lipinski definition) is 1. The molecule has 0 aliphatic carbocycles. The molecular formula is C13H19NOS2. The van der Waals surface area contributed by atoms with E-state index in [0.29, 0.717) is 24.7 Å². The number of nitrogens with one attached hydrogen (secondary N) is 1. The van der Waals surface area contributed by atoms with Crippen LogP contribution in [-0.2, 0) is 17.6 Å². The fourth-order valence-electron chi connectivity index (χ4n) is 2.00. The Morgan fingerprint density at radius 1 is 1.47 bits per heavy atom. The van der Waals surface area contributed by atoms with E-state index in [2.05, 4.69) is 24.4 Å². The van der Waals surface area contributed by atoms with E-state index in [1.807, 2.05) is 11.8 Å². The van der Waals surface area contributed by atoms with Crippen LogP contribution in [0.5, 0.6) is 0 Å². The first-order valence-corrected chi connectivity index (χ1v) is 8.15. The average Bonchev–Trinajstić information content (AvgIpc) is 2.78. The molecule has 1 aromatic heterocycles. The van der Waals surface area contributed by atoms with Gasteiger partial charge in [-0.2, -0.15) is 11.8 Å². The molecule has 2 heterocycles. The molecule has 1 saturated heterocycles. The van der Waals surface area contributed by atoms with Gasteiger partial charge < -0.3 is 5.32 Å². The molecule has 1 unspecified atom stereocenters. The molecule has 1 fully saturated rings. The Balaban J connectivity index is 1.79. The van der Waals surface area contributed by atoms with E-state index < -0.39 is 0 Å². The lowest BCUT2D eigenvalue weighted by atomic mass is 10.1. The van der Waals surface area contributed by atoms with Crippen LogP contribution in [0.2, 0.25) is 0 Å². The number of thioether (sulfide) groups is 1. The molecule has 2 nitrogen and oxygen atoms in total. The summed E-state index contributed by atoms with van der Waals surface area (Å²) < 4.78 is 0. The zero-order chi connectivity index (χ0) is 12.1. The Labute approximate surface area is 111 Å². The fraction of sp³-hybridized carbons (Fsp3) is 0.615. The maximum absolute atomic E-state index is 11.9. The second-order valence-corrected chi connectivity index (χ2v) is 6.77.